The summed E-state index contributed by atoms with van der Waals surface area (Å²) in [7, 11) is 0. The molecule has 0 amide bonds. The molecule has 0 aromatic heterocycles. The lowest BCUT2D eigenvalue weighted by atomic mass is 10.1. The van der Waals surface area contributed by atoms with Gasteiger partial charge in [-0.25, -0.2) is 0 Å². The van der Waals surface area contributed by atoms with E-state index in [4.69, 9.17) is 5.11 Å². The van der Waals surface area contributed by atoms with Gasteiger partial charge in [-0.15, -0.1) is 0 Å². The smallest absolute Gasteiger partial charge is 0.269 e. The summed E-state index contributed by atoms with van der Waals surface area (Å²) in [5, 5.41) is 19.4. The number of nitro benzene ring substituents is 1. The van der Waals surface area contributed by atoms with Crippen molar-refractivity contribution in [3.8, 4) is 0 Å². The second kappa shape index (κ2) is 3.32. The van der Waals surface area contributed by atoms with Crippen molar-refractivity contribution >= 4 is 5.69 Å². The summed E-state index contributed by atoms with van der Waals surface area (Å²) in [6.45, 7) is 1.54. The molecule has 0 saturated heterocycles. The number of hydrogen-bond donors (Lipinski definition) is 1. The van der Waals surface area contributed by atoms with Gasteiger partial charge in [-0.1, -0.05) is 0 Å². The Morgan fingerprint density at radius 1 is 1.75 bits per heavy atom. The van der Waals surface area contributed by atoms with Gasteiger partial charge in [0.05, 0.1) is 11.0 Å². The average Bonchev–Trinajstić information content (AvgIpc) is 2.04. The fourth-order valence-corrected chi connectivity index (χ4v) is 0.827. The van der Waals surface area contributed by atoms with Crippen LogP contribution in [-0.4, -0.2) is 10.0 Å². The predicted molar refractivity (Wildman–Crippen MR) is 42.6 cm³/mol. The van der Waals surface area contributed by atoms with Gasteiger partial charge >= 0.3 is 0 Å². The molecule has 0 aliphatic rings. The van der Waals surface area contributed by atoms with Gasteiger partial charge in [0.2, 0.25) is 0 Å². The Hall–Kier alpha value is -1.42. The number of nitrogens with zero attached hydrogens (tertiary/aromatic N) is 1. The summed E-state index contributed by atoms with van der Waals surface area (Å²) in [5.74, 6) is 0. The molecule has 1 aromatic carbocycles. The van der Waals surface area contributed by atoms with Crippen LogP contribution in [0.5, 0.6) is 0 Å². The normalized spacial score (nSPS) is 12.5. The second-order valence-corrected chi connectivity index (χ2v) is 2.44. The van der Waals surface area contributed by atoms with E-state index in [1.54, 1.807) is 0 Å². The molecule has 4 nitrogen and oxygen atoms in total. The van der Waals surface area contributed by atoms with Crippen molar-refractivity contribution in [2.24, 2.45) is 0 Å². The monoisotopic (exact) mass is 166 g/mol. The van der Waals surface area contributed by atoms with Gasteiger partial charge in [-0.2, -0.15) is 0 Å². The molecule has 0 unspecified atom stereocenters. The van der Waals surface area contributed by atoms with Gasteiger partial charge in [0.1, 0.15) is 0 Å². The summed E-state index contributed by atoms with van der Waals surface area (Å²) >= 11 is 0. The fraction of sp³-hybridized carbons (Fsp3) is 0.250. The number of aliphatic hydroxyl groups excluding tert-OH is 1. The molecule has 0 bridgehead atoms. The number of aliphatic hydroxyl groups is 1. The highest BCUT2D eigenvalue weighted by atomic mass is 16.6. The molecule has 12 heavy (non-hydrogen) atoms. The van der Waals surface area contributed by atoms with Crippen molar-refractivity contribution in [3.05, 3.63) is 39.9 Å². The fourth-order valence-electron chi connectivity index (χ4n) is 0.827. The van der Waals surface area contributed by atoms with Crippen LogP contribution < -0.4 is 0 Å². The van der Waals surface area contributed by atoms with E-state index >= 15 is 0 Å². The summed E-state index contributed by atoms with van der Waals surface area (Å²) in [4.78, 5) is 9.79. The highest BCUT2D eigenvalue weighted by Gasteiger charge is 2.08. The molecule has 0 aliphatic carbocycles. The molecule has 0 fully saturated rings. The topological polar surface area (TPSA) is 63.4 Å². The molecule has 0 spiro atoms. The molecule has 1 rings (SSSR count). The zero-order chi connectivity index (χ0) is 9.14. The summed E-state index contributed by atoms with van der Waals surface area (Å²) in [6.07, 6.45) is -0.718. The number of rotatable bonds is 2. The van der Waals surface area contributed by atoms with Gasteiger partial charge < -0.3 is 5.11 Å². The summed E-state index contributed by atoms with van der Waals surface area (Å²) in [5.41, 5.74) is 0.411. The van der Waals surface area contributed by atoms with Crippen molar-refractivity contribution in [1.29, 1.82) is 0 Å². The SMILES string of the molecule is C[C@@H](O)c1[c]ccc([N+](=O)[O-])c1. The average molecular weight is 166 g/mol. The maximum atomic E-state index is 10.3. The number of non-ortho nitro benzene ring substituents is 1. The Balaban J connectivity index is 3.04. The van der Waals surface area contributed by atoms with E-state index in [9.17, 15) is 10.1 Å². The highest BCUT2D eigenvalue weighted by Crippen LogP contribution is 2.17. The van der Waals surface area contributed by atoms with Crippen LogP contribution in [0.15, 0.2) is 18.2 Å². The first-order valence-electron chi connectivity index (χ1n) is 3.45. The van der Waals surface area contributed by atoms with Crippen LogP contribution in [-0.2, 0) is 0 Å². The molecule has 4 heteroatoms. The lowest BCUT2D eigenvalue weighted by Gasteiger charge is -2.01. The lowest BCUT2D eigenvalue weighted by Crippen LogP contribution is -1.93. The van der Waals surface area contributed by atoms with Crippen LogP contribution in [0, 0.1) is 16.2 Å². The summed E-state index contributed by atoms with van der Waals surface area (Å²) < 4.78 is 0. The number of benzene rings is 1. The molecular formula is C8H8NO3. The van der Waals surface area contributed by atoms with E-state index in [0.717, 1.165) is 0 Å². The first-order chi connectivity index (χ1) is 5.61. The van der Waals surface area contributed by atoms with E-state index in [-0.39, 0.29) is 5.69 Å². The lowest BCUT2D eigenvalue weighted by molar-refractivity contribution is -0.385. The third kappa shape index (κ3) is 1.79. The maximum Gasteiger partial charge on any atom is 0.269 e. The predicted octanol–water partition coefficient (Wildman–Crippen LogP) is 1.45. The van der Waals surface area contributed by atoms with Crippen LogP contribution in [0.2, 0.25) is 0 Å². The van der Waals surface area contributed by atoms with Crippen molar-refractivity contribution in [2.75, 3.05) is 0 Å². The molecule has 1 atom stereocenters. The third-order valence-corrected chi connectivity index (χ3v) is 1.47. The molecule has 0 aliphatic heterocycles. The minimum atomic E-state index is -0.718. The Morgan fingerprint density at radius 2 is 2.42 bits per heavy atom. The number of nitro groups is 1. The molecule has 1 aromatic rings. The van der Waals surface area contributed by atoms with E-state index in [2.05, 4.69) is 6.07 Å². The van der Waals surface area contributed by atoms with Crippen LogP contribution in [0.25, 0.3) is 0 Å². The second-order valence-electron chi connectivity index (χ2n) is 2.44. The van der Waals surface area contributed by atoms with Crippen molar-refractivity contribution < 1.29 is 10.0 Å². The largest absolute Gasteiger partial charge is 0.389 e. The van der Waals surface area contributed by atoms with Crippen LogP contribution in [0.1, 0.15) is 18.6 Å². The van der Waals surface area contributed by atoms with Crippen LogP contribution in [0.4, 0.5) is 5.69 Å². The van der Waals surface area contributed by atoms with Gasteiger partial charge in [-0.3, -0.25) is 10.1 Å². The van der Waals surface area contributed by atoms with Gasteiger partial charge in [-0.05, 0) is 24.6 Å². The molecule has 0 heterocycles. The van der Waals surface area contributed by atoms with Crippen molar-refractivity contribution in [3.63, 3.8) is 0 Å². The van der Waals surface area contributed by atoms with Crippen LogP contribution in [0.3, 0.4) is 0 Å². The van der Waals surface area contributed by atoms with E-state index in [1.165, 1.54) is 25.1 Å². The Bertz CT molecular complexity index is 296. The quantitative estimate of drug-likeness (QED) is 0.534. The van der Waals surface area contributed by atoms with E-state index < -0.39 is 11.0 Å². The van der Waals surface area contributed by atoms with Gasteiger partial charge in [0.15, 0.2) is 0 Å². The Labute approximate surface area is 69.6 Å². The first-order valence-corrected chi connectivity index (χ1v) is 3.45. The third-order valence-electron chi connectivity index (χ3n) is 1.47. The Kier molecular flexibility index (Phi) is 2.40. The zero-order valence-corrected chi connectivity index (χ0v) is 6.52. The maximum absolute atomic E-state index is 10.3. The van der Waals surface area contributed by atoms with Gasteiger partial charge in [0, 0.05) is 12.1 Å². The van der Waals surface area contributed by atoms with Crippen molar-refractivity contribution in [2.45, 2.75) is 13.0 Å². The molecule has 0 saturated carbocycles. The molecular weight excluding hydrogens is 158 g/mol. The van der Waals surface area contributed by atoms with E-state index in [0.29, 0.717) is 5.56 Å². The molecule has 1 N–H and O–H groups in total. The zero-order valence-electron chi connectivity index (χ0n) is 6.52. The van der Waals surface area contributed by atoms with E-state index in [1.807, 2.05) is 0 Å². The number of hydrogen-bond acceptors (Lipinski definition) is 3. The summed E-state index contributed by atoms with van der Waals surface area (Å²) in [6, 6.07) is 6.79. The highest BCUT2D eigenvalue weighted by molar-refractivity contribution is 5.34. The minimum absolute atomic E-state index is 0.0235. The first kappa shape index (κ1) is 8.67. The van der Waals surface area contributed by atoms with Crippen LogP contribution >= 0.6 is 0 Å². The minimum Gasteiger partial charge on any atom is -0.389 e. The standard InChI is InChI=1S/C8H8NO3/c1-6(10)7-3-2-4-8(5-7)9(11)12/h2,4-6,10H,1H3/t6-/m1/s1. The van der Waals surface area contributed by atoms with Gasteiger partial charge in [0.25, 0.3) is 5.69 Å². The molecule has 63 valence electrons. The Morgan fingerprint density at radius 3 is 2.92 bits per heavy atom. The molecule has 1 radical (unpaired) electrons. The van der Waals surface area contributed by atoms with Crippen molar-refractivity contribution in [1.82, 2.24) is 0 Å².